The van der Waals surface area contributed by atoms with Gasteiger partial charge in [-0.1, -0.05) is 30.0 Å². The Morgan fingerprint density at radius 2 is 2.21 bits per heavy atom. The number of β-amino-alcohol motifs (C(OH)–C–C–N with tert-alkyl or cyclic N) is 1. The van der Waals surface area contributed by atoms with Crippen LogP contribution in [0, 0.1) is 11.8 Å². The lowest BCUT2D eigenvalue weighted by molar-refractivity contribution is -0.123. The van der Waals surface area contributed by atoms with Crippen molar-refractivity contribution >= 4 is 5.91 Å². The number of hydrogen-bond donors (Lipinski definition) is 3. The van der Waals surface area contributed by atoms with E-state index in [0.29, 0.717) is 13.0 Å². The van der Waals surface area contributed by atoms with Gasteiger partial charge < -0.3 is 15.7 Å². The molecule has 4 nitrogen and oxygen atoms in total. The zero-order valence-electron chi connectivity index (χ0n) is 10.9. The average molecular weight is 258 g/mol. The van der Waals surface area contributed by atoms with Crippen molar-refractivity contribution in [1.29, 1.82) is 0 Å². The van der Waals surface area contributed by atoms with E-state index in [4.69, 9.17) is 0 Å². The molecular formula is C15H18N2O2. The average Bonchev–Trinajstić information content (AvgIpc) is 2.84. The van der Waals surface area contributed by atoms with E-state index in [-0.39, 0.29) is 18.0 Å². The van der Waals surface area contributed by atoms with E-state index >= 15 is 0 Å². The summed E-state index contributed by atoms with van der Waals surface area (Å²) in [5.74, 6) is 5.90. The molecule has 1 fully saturated rings. The van der Waals surface area contributed by atoms with Crippen LogP contribution >= 0.6 is 0 Å². The van der Waals surface area contributed by atoms with Crippen LogP contribution in [0.3, 0.4) is 0 Å². The molecule has 1 amide bonds. The maximum atomic E-state index is 11.9. The van der Waals surface area contributed by atoms with Gasteiger partial charge in [0.1, 0.15) is 0 Å². The Balaban J connectivity index is 1.86. The lowest BCUT2D eigenvalue weighted by atomic mass is 10.1. The molecule has 0 aromatic heterocycles. The molecule has 4 heteroatoms. The SMILES string of the molecule is C[C@@H](C#Cc1ccccc1)NC(=O)[C@@H]1C[C@@H](O)CN1. The number of amides is 1. The largest absolute Gasteiger partial charge is 0.392 e. The van der Waals surface area contributed by atoms with Gasteiger partial charge in [0, 0.05) is 12.1 Å². The van der Waals surface area contributed by atoms with Crippen LogP contribution in [0.2, 0.25) is 0 Å². The molecular weight excluding hydrogens is 240 g/mol. The fraction of sp³-hybridized carbons (Fsp3) is 0.400. The molecule has 0 unspecified atom stereocenters. The summed E-state index contributed by atoms with van der Waals surface area (Å²) in [4.78, 5) is 11.9. The van der Waals surface area contributed by atoms with Gasteiger partial charge in [-0.25, -0.2) is 0 Å². The Morgan fingerprint density at radius 3 is 2.84 bits per heavy atom. The first-order valence-corrected chi connectivity index (χ1v) is 6.43. The van der Waals surface area contributed by atoms with E-state index in [1.165, 1.54) is 0 Å². The fourth-order valence-corrected chi connectivity index (χ4v) is 1.98. The number of aliphatic hydroxyl groups excluding tert-OH is 1. The third-order valence-electron chi connectivity index (χ3n) is 2.99. The summed E-state index contributed by atoms with van der Waals surface area (Å²) in [6.45, 7) is 2.32. The van der Waals surface area contributed by atoms with Crippen LogP contribution in [0.1, 0.15) is 18.9 Å². The van der Waals surface area contributed by atoms with Crippen LogP contribution in [0.15, 0.2) is 30.3 Å². The highest BCUT2D eigenvalue weighted by Gasteiger charge is 2.28. The first kappa shape index (κ1) is 13.6. The van der Waals surface area contributed by atoms with Gasteiger partial charge >= 0.3 is 0 Å². The highest BCUT2D eigenvalue weighted by molar-refractivity contribution is 5.82. The van der Waals surface area contributed by atoms with Crippen LogP contribution < -0.4 is 10.6 Å². The molecule has 1 aliphatic rings. The Hall–Kier alpha value is -1.83. The van der Waals surface area contributed by atoms with Gasteiger partial charge in [-0.15, -0.1) is 0 Å². The first-order chi connectivity index (χ1) is 9.15. The summed E-state index contributed by atoms with van der Waals surface area (Å²) in [5.41, 5.74) is 0.929. The topological polar surface area (TPSA) is 61.4 Å². The molecule has 0 radical (unpaired) electrons. The Bertz CT molecular complexity index is 490. The van der Waals surface area contributed by atoms with Crippen LogP contribution in [0.4, 0.5) is 0 Å². The Kier molecular flexibility index (Phi) is 4.56. The quantitative estimate of drug-likeness (QED) is 0.667. The maximum Gasteiger partial charge on any atom is 0.238 e. The lowest BCUT2D eigenvalue weighted by Gasteiger charge is -2.12. The number of carbonyl (C=O) groups excluding carboxylic acids is 1. The van der Waals surface area contributed by atoms with Crippen molar-refractivity contribution in [2.24, 2.45) is 0 Å². The first-order valence-electron chi connectivity index (χ1n) is 6.43. The molecule has 19 heavy (non-hydrogen) atoms. The van der Waals surface area contributed by atoms with E-state index in [2.05, 4.69) is 22.5 Å². The van der Waals surface area contributed by atoms with Gasteiger partial charge in [0.05, 0.1) is 18.2 Å². The van der Waals surface area contributed by atoms with E-state index in [9.17, 15) is 9.90 Å². The molecule has 3 atom stereocenters. The number of aliphatic hydroxyl groups is 1. The normalized spacial score (nSPS) is 23.3. The zero-order chi connectivity index (χ0) is 13.7. The number of benzene rings is 1. The van der Waals surface area contributed by atoms with Crippen LogP contribution in [-0.4, -0.2) is 35.7 Å². The summed E-state index contributed by atoms with van der Waals surface area (Å²) >= 11 is 0. The highest BCUT2D eigenvalue weighted by atomic mass is 16.3. The van der Waals surface area contributed by atoms with Crippen molar-refractivity contribution in [2.45, 2.75) is 31.5 Å². The predicted molar refractivity (Wildman–Crippen MR) is 73.3 cm³/mol. The van der Waals surface area contributed by atoms with E-state index in [0.717, 1.165) is 5.56 Å². The molecule has 1 aliphatic heterocycles. The number of nitrogens with one attached hydrogen (secondary N) is 2. The molecule has 100 valence electrons. The van der Waals surface area contributed by atoms with Gasteiger partial charge in [-0.2, -0.15) is 0 Å². The molecule has 0 spiro atoms. The highest BCUT2D eigenvalue weighted by Crippen LogP contribution is 2.06. The van der Waals surface area contributed by atoms with Crippen molar-refractivity contribution in [3.05, 3.63) is 35.9 Å². The summed E-state index contributed by atoms with van der Waals surface area (Å²) in [5, 5.41) is 15.2. The minimum atomic E-state index is -0.429. The predicted octanol–water partition coefficient (Wildman–Crippen LogP) is 0.266. The van der Waals surface area contributed by atoms with Gasteiger partial charge in [0.25, 0.3) is 0 Å². The third kappa shape index (κ3) is 4.09. The number of carbonyl (C=O) groups is 1. The minimum Gasteiger partial charge on any atom is -0.392 e. The van der Waals surface area contributed by atoms with Crippen LogP contribution in [0.25, 0.3) is 0 Å². The summed E-state index contributed by atoms with van der Waals surface area (Å²) in [6, 6.07) is 9.12. The number of rotatable bonds is 2. The van der Waals surface area contributed by atoms with Crippen molar-refractivity contribution in [3.8, 4) is 11.8 Å². The second-order valence-corrected chi connectivity index (χ2v) is 4.72. The van der Waals surface area contributed by atoms with Crippen molar-refractivity contribution < 1.29 is 9.90 Å². The van der Waals surface area contributed by atoms with Gasteiger partial charge in [-0.3, -0.25) is 4.79 Å². The molecule has 1 aromatic rings. The van der Waals surface area contributed by atoms with E-state index in [1.54, 1.807) is 0 Å². The van der Waals surface area contributed by atoms with Gasteiger partial charge in [0.15, 0.2) is 0 Å². The maximum absolute atomic E-state index is 11.9. The fourth-order valence-electron chi connectivity index (χ4n) is 1.98. The zero-order valence-corrected chi connectivity index (χ0v) is 10.9. The number of hydrogen-bond acceptors (Lipinski definition) is 3. The standard InChI is InChI=1S/C15H18N2O2/c1-11(7-8-12-5-3-2-4-6-12)17-15(19)14-9-13(18)10-16-14/h2-6,11,13-14,16,18H,9-10H2,1H3,(H,17,19)/t11-,13+,14-/m0/s1. The van der Waals surface area contributed by atoms with Crippen molar-refractivity contribution in [1.82, 2.24) is 10.6 Å². The molecule has 1 saturated heterocycles. The lowest BCUT2D eigenvalue weighted by Crippen LogP contribution is -2.43. The molecule has 0 saturated carbocycles. The van der Waals surface area contributed by atoms with E-state index in [1.807, 2.05) is 37.3 Å². The molecule has 0 bridgehead atoms. The van der Waals surface area contributed by atoms with Crippen molar-refractivity contribution in [2.75, 3.05) is 6.54 Å². The van der Waals surface area contributed by atoms with Crippen LogP contribution in [0.5, 0.6) is 0 Å². The van der Waals surface area contributed by atoms with Crippen molar-refractivity contribution in [3.63, 3.8) is 0 Å². The van der Waals surface area contributed by atoms with Crippen LogP contribution in [-0.2, 0) is 4.79 Å². The Labute approximate surface area is 113 Å². The second-order valence-electron chi connectivity index (χ2n) is 4.72. The molecule has 2 rings (SSSR count). The molecule has 3 N–H and O–H groups in total. The summed E-state index contributed by atoms with van der Waals surface area (Å²) in [7, 11) is 0. The summed E-state index contributed by atoms with van der Waals surface area (Å²) in [6.07, 6.45) is 0.0338. The third-order valence-corrected chi connectivity index (χ3v) is 2.99. The smallest absolute Gasteiger partial charge is 0.238 e. The molecule has 1 heterocycles. The Morgan fingerprint density at radius 1 is 1.47 bits per heavy atom. The minimum absolute atomic E-state index is 0.105. The van der Waals surface area contributed by atoms with Gasteiger partial charge in [-0.05, 0) is 25.5 Å². The second kappa shape index (κ2) is 6.37. The van der Waals surface area contributed by atoms with E-state index < -0.39 is 6.10 Å². The van der Waals surface area contributed by atoms with Gasteiger partial charge in [0.2, 0.25) is 5.91 Å². The molecule has 1 aromatic carbocycles. The summed E-state index contributed by atoms with van der Waals surface area (Å²) < 4.78 is 0. The monoisotopic (exact) mass is 258 g/mol. The molecule has 0 aliphatic carbocycles.